The Morgan fingerprint density at radius 3 is 3.25 bits per heavy atom. The minimum atomic E-state index is -0.313. The van der Waals surface area contributed by atoms with E-state index in [-0.39, 0.29) is 6.10 Å². The maximum absolute atomic E-state index is 9.84. The fraction of sp³-hybridized carbons (Fsp3) is 0.625. The molecule has 2 N–H and O–H groups in total. The topological polar surface area (TPSA) is 45.2 Å². The number of hydrogen-bond acceptors (Lipinski definition) is 4. The van der Waals surface area contributed by atoms with Crippen LogP contribution in [0.15, 0.2) is 12.3 Å². The summed E-state index contributed by atoms with van der Waals surface area (Å²) in [6, 6.07) is 1.90. The third kappa shape index (κ3) is 1.50. The van der Waals surface area contributed by atoms with Gasteiger partial charge in [-0.05, 0) is 30.6 Å². The van der Waals surface area contributed by atoms with Gasteiger partial charge < -0.3 is 10.4 Å². The molecule has 1 fully saturated rings. The molecule has 1 unspecified atom stereocenters. The summed E-state index contributed by atoms with van der Waals surface area (Å²) in [7, 11) is 0. The lowest BCUT2D eigenvalue weighted by Gasteiger charge is -2.14. The monoisotopic (exact) mass is 184 g/mol. The van der Waals surface area contributed by atoms with Crippen LogP contribution < -0.4 is 5.32 Å². The lowest BCUT2D eigenvalue weighted by molar-refractivity contribution is 0.122. The van der Waals surface area contributed by atoms with Gasteiger partial charge in [0.1, 0.15) is 0 Å². The van der Waals surface area contributed by atoms with Crippen LogP contribution in [0, 0.1) is 5.92 Å². The van der Waals surface area contributed by atoms with Gasteiger partial charge in [-0.15, -0.1) is 0 Å². The van der Waals surface area contributed by atoms with Gasteiger partial charge in [0.2, 0.25) is 0 Å². The first kappa shape index (κ1) is 8.16. The molecule has 0 spiro atoms. The quantitative estimate of drug-likeness (QED) is 0.714. The van der Waals surface area contributed by atoms with E-state index in [1.165, 1.54) is 11.5 Å². The van der Waals surface area contributed by atoms with Crippen molar-refractivity contribution in [3.8, 4) is 0 Å². The summed E-state index contributed by atoms with van der Waals surface area (Å²) in [5.74, 6) is 0.380. The molecule has 3 nitrogen and oxygen atoms in total. The average molecular weight is 184 g/mol. The highest BCUT2D eigenvalue weighted by atomic mass is 32.1. The Balaban J connectivity index is 2.04. The van der Waals surface area contributed by atoms with E-state index < -0.39 is 0 Å². The van der Waals surface area contributed by atoms with Crippen molar-refractivity contribution in [1.29, 1.82) is 0 Å². The van der Waals surface area contributed by atoms with E-state index in [0.29, 0.717) is 5.92 Å². The first-order valence-corrected chi connectivity index (χ1v) is 4.94. The minimum Gasteiger partial charge on any atom is -0.387 e. The Bertz CT molecular complexity index is 231. The SMILES string of the molecule is OC(c1ccns1)[C@H]1CCNC1. The summed E-state index contributed by atoms with van der Waals surface area (Å²) in [6.45, 7) is 1.96. The third-order valence-corrected chi connectivity index (χ3v) is 3.11. The van der Waals surface area contributed by atoms with Crippen LogP contribution in [0.4, 0.5) is 0 Å². The van der Waals surface area contributed by atoms with E-state index in [0.717, 1.165) is 24.4 Å². The zero-order valence-electron chi connectivity index (χ0n) is 6.73. The third-order valence-electron chi connectivity index (χ3n) is 2.29. The van der Waals surface area contributed by atoms with Crippen molar-refractivity contribution in [1.82, 2.24) is 9.69 Å². The number of nitrogens with one attached hydrogen (secondary N) is 1. The minimum absolute atomic E-state index is 0.313. The molecule has 0 bridgehead atoms. The van der Waals surface area contributed by atoms with E-state index in [2.05, 4.69) is 9.69 Å². The first-order chi connectivity index (χ1) is 5.88. The van der Waals surface area contributed by atoms with Crippen molar-refractivity contribution < 1.29 is 5.11 Å². The highest BCUT2D eigenvalue weighted by Gasteiger charge is 2.24. The van der Waals surface area contributed by atoms with Gasteiger partial charge in [0.25, 0.3) is 0 Å². The van der Waals surface area contributed by atoms with Crippen LogP contribution >= 0.6 is 11.5 Å². The summed E-state index contributed by atoms with van der Waals surface area (Å²) in [5.41, 5.74) is 0. The van der Waals surface area contributed by atoms with E-state index in [4.69, 9.17) is 0 Å². The highest BCUT2D eigenvalue weighted by Crippen LogP contribution is 2.28. The van der Waals surface area contributed by atoms with Gasteiger partial charge in [-0.2, -0.15) is 0 Å². The smallest absolute Gasteiger partial charge is 0.0938 e. The molecule has 2 rings (SSSR count). The van der Waals surface area contributed by atoms with Gasteiger partial charge in [-0.3, -0.25) is 0 Å². The van der Waals surface area contributed by atoms with Crippen LogP contribution in [0.3, 0.4) is 0 Å². The van der Waals surface area contributed by atoms with Crippen molar-refractivity contribution in [2.24, 2.45) is 5.92 Å². The van der Waals surface area contributed by atoms with E-state index in [1.807, 2.05) is 6.07 Å². The molecule has 1 saturated heterocycles. The Labute approximate surface area is 75.6 Å². The van der Waals surface area contributed by atoms with Crippen molar-refractivity contribution in [2.45, 2.75) is 12.5 Å². The highest BCUT2D eigenvalue weighted by molar-refractivity contribution is 7.05. The van der Waals surface area contributed by atoms with Gasteiger partial charge in [-0.25, -0.2) is 4.37 Å². The number of nitrogens with zero attached hydrogens (tertiary/aromatic N) is 1. The second kappa shape index (κ2) is 3.51. The Kier molecular flexibility index (Phi) is 2.39. The zero-order chi connectivity index (χ0) is 8.39. The molecule has 2 atom stereocenters. The second-order valence-electron chi connectivity index (χ2n) is 3.11. The fourth-order valence-corrected chi connectivity index (χ4v) is 2.22. The number of aromatic nitrogens is 1. The predicted octanol–water partition coefficient (Wildman–Crippen LogP) is 0.786. The van der Waals surface area contributed by atoms with Gasteiger partial charge in [0.05, 0.1) is 11.0 Å². The Morgan fingerprint density at radius 1 is 1.75 bits per heavy atom. The number of hydrogen-bond donors (Lipinski definition) is 2. The molecule has 1 aliphatic heterocycles. The van der Waals surface area contributed by atoms with Crippen molar-refractivity contribution >= 4 is 11.5 Å². The standard InChI is InChI=1S/C8H12N2OS/c11-8(6-1-3-9-5-6)7-2-4-10-12-7/h2,4,6,8-9,11H,1,3,5H2/t6-,8?/m0/s1. The summed E-state index contributed by atoms with van der Waals surface area (Å²) < 4.78 is 3.98. The maximum Gasteiger partial charge on any atom is 0.0938 e. The van der Waals surface area contributed by atoms with E-state index in [9.17, 15) is 5.11 Å². The molecule has 0 aliphatic carbocycles. The summed E-state index contributed by atoms with van der Waals surface area (Å²) in [4.78, 5) is 0.990. The molecule has 1 aromatic heterocycles. The van der Waals surface area contributed by atoms with Crippen molar-refractivity contribution in [3.05, 3.63) is 17.1 Å². The predicted molar refractivity (Wildman–Crippen MR) is 48.1 cm³/mol. The van der Waals surface area contributed by atoms with Gasteiger partial charge in [0, 0.05) is 18.7 Å². The molecular formula is C8H12N2OS. The molecule has 0 aromatic carbocycles. The molecule has 2 heterocycles. The molecule has 0 radical (unpaired) electrons. The molecule has 12 heavy (non-hydrogen) atoms. The summed E-state index contributed by atoms with van der Waals surface area (Å²) in [6.07, 6.45) is 2.50. The molecule has 0 saturated carbocycles. The lowest BCUT2D eigenvalue weighted by atomic mass is 10.0. The molecule has 1 aromatic rings. The molecular weight excluding hydrogens is 172 g/mol. The fourth-order valence-electron chi connectivity index (χ4n) is 1.56. The summed E-state index contributed by atoms with van der Waals surface area (Å²) in [5, 5.41) is 13.1. The van der Waals surface area contributed by atoms with Crippen molar-refractivity contribution in [2.75, 3.05) is 13.1 Å². The molecule has 4 heteroatoms. The van der Waals surface area contributed by atoms with Crippen LogP contribution in [0.25, 0.3) is 0 Å². The van der Waals surface area contributed by atoms with Crippen LogP contribution in [-0.4, -0.2) is 22.6 Å². The maximum atomic E-state index is 9.84. The largest absolute Gasteiger partial charge is 0.387 e. The van der Waals surface area contributed by atoms with Gasteiger partial charge in [-0.1, -0.05) is 0 Å². The normalized spacial score (nSPS) is 25.9. The van der Waals surface area contributed by atoms with Gasteiger partial charge in [0.15, 0.2) is 0 Å². The lowest BCUT2D eigenvalue weighted by Crippen LogP contribution is -2.15. The number of rotatable bonds is 2. The van der Waals surface area contributed by atoms with Crippen LogP contribution in [0.1, 0.15) is 17.4 Å². The molecule has 1 aliphatic rings. The van der Waals surface area contributed by atoms with Crippen LogP contribution in [0.5, 0.6) is 0 Å². The Morgan fingerprint density at radius 2 is 2.67 bits per heavy atom. The van der Waals surface area contributed by atoms with E-state index >= 15 is 0 Å². The average Bonchev–Trinajstić information content (AvgIpc) is 2.77. The van der Waals surface area contributed by atoms with Crippen LogP contribution in [-0.2, 0) is 0 Å². The number of aliphatic hydroxyl groups is 1. The first-order valence-electron chi connectivity index (χ1n) is 4.17. The second-order valence-corrected chi connectivity index (χ2v) is 3.98. The Hall–Kier alpha value is -0.450. The molecule has 66 valence electrons. The van der Waals surface area contributed by atoms with Gasteiger partial charge >= 0.3 is 0 Å². The van der Waals surface area contributed by atoms with Crippen LogP contribution in [0.2, 0.25) is 0 Å². The summed E-state index contributed by atoms with van der Waals surface area (Å²) >= 11 is 1.39. The van der Waals surface area contributed by atoms with E-state index in [1.54, 1.807) is 6.20 Å². The zero-order valence-corrected chi connectivity index (χ0v) is 7.55. The van der Waals surface area contributed by atoms with Crippen molar-refractivity contribution in [3.63, 3.8) is 0 Å². The number of aliphatic hydroxyl groups excluding tert-OH is 1. The molecule has 0 amide bonds.